The molecule has 1 heterocycles. The molecule has 0 saturated heterocycles. The predicted molar refractivity (Wildman–Crippen MR) is 83.7 cm³/mol. The second kappa shape index (κ2) is 4.55. The highest BCUT2D eigenvalue weighted by Crippen LogP contribution is 2.55. The molecule has 2 aliphatic carbocycles. The molecule has 0 aliphatic heterocycles. The highest BCUT2D eigenvalue weighted by molar-refractivity contribution is 5.66. The van der Waals surface area contributed by atoms with Gasteiger partial charge >= 0.3 is 5.69 Å². The number of hydrogen-bond donors (Lipinski definition) is 0. The fraction of sp³-hybridized carbons (Fsp3) is 0.444. The van der Waals surface area contributed by atoms with E-state index in [4.69, 9.17) is 0 Å². The Bertz CT molecular complexity index is 746. The SMILES string of the molecule is CC(C)n1c2c(c(-c3ccccc3)nc1=O)C1CCC2C1. The summed E-state index contributed by atoms with van der Waals surface area (Å²) in [7, 11) is 0. The van der Waals surface area contributed by atoms with Crippen LogP contribution in [-0.4, -0.2) is 9.55 Å². The molecule has 108 valence electrons. The van der Waals surface area contributed by atoms with Crippen LogP contribution in [0.2, 0.25) is 0 Å². The smallest absolute Gasteiger partial charge is 0.293 e. The second-order valence-corrected chi connectivity index (χ2v) is 6.58. The lowest BCUT2D eigenvalue weighted by Crippen LogP contribution is -2.30. The second-order valence-electron chi connectivity index (χ2n) is 6.58. The van der Waals surface area contributed by atoms with Crippen LogP contribution in [0.1, 0.15) is 62.2 Å². The standard InChI is InChI=1S/C18H20N2O/c1-11(2)20-17-14-9-8-13(10-14)15(17)16(19-18(20)21)12-6-4-3-5-7-12/h3-7,11,13-14H,8-10H2,1-2H3. The minimum atomic E-state index is -0.0878. The first-order valence-electron chi connectivity index (χ1n) is 7.88. The quantitative estimate of drug-likeness (QED) is 0.837. The summed E-state index contributed by atoms with van der Waals surface area (Å²) in [6.45, 7) is 4.16. The molecular weight excluding hydrogens is 260 g/mol. The summed E-state index contributed by atoms with van der Waals surface area (Å²) in [5.74, 6) is 1.16. The molecule has 1 aromatic carbocycles. The van der Waals surface area contributed by atoms with E-state index in [0.29, 0.717) is 11.8 Å². The topological polar surface area (TPSA) is 34.9 Å². The van der Waals surface area contributed by atoms with Crippen LogP contribution in [0.5, 0.6) is 0 Å². The number of hydrogen-bond acceptors (Lipinski definition) is 2. The Labute approximate surface area is 124 Å². The Morgan fingerprint density at radius 2 is 1.86 bits per heavy atom. The lowest BCUT2D eigenvalue weighted by Gasteiger charge is -2.24. The molecule has 2 unspecified atom stereocenters. The molecule has 2 atom stereocenters. The van der Waals surface area contributed by atoms with E-state index in [2.05, 4.69) is 31.0 Å². The van der Waals surface area contributed by atoms with Crippen LogP contribution in [0, 0.1) is 0 Å². The number of aromatic nitrogens is 2. The van der Waals surface area contributed by atoms with Gasteiger partial charge in [-0.15, -0.1) is 0 Å². The van der Waals surface area contributed by atoms with Gasteiger partial charge in [0, 0.05) is 28.8 Å². The van der Waals surface area contributed by atoms with Gasteiger partial charge in [-0.05, 0) is 39.0 Å². The van der Waals surface area contributed by atoms with Crippen LogP contribution in [-0.2, 0) is 0 Å². The maximum atomic E-state index is 12.5. The van der Waals surface area contributed by atoms with Gasteiger partial charge in [-0.25, -0.2) is 4.79 Å². The first kappa shape index (κ1) is 12.8. The van der Waals surface area contributed by atoms with Crippen LogP contribution >= 0.6 is 0 Å². The van der Waals surface area contributed by atoms with Crippen molar-refractivity contribution in [2.75, 3.05) is 0 Å². The van der Waals surface area contributed by atoms with Crippen molar-refractivity contribution >= 4 is 0 Å². The zero-order valence-electron chi connectivity index (χ0n) is 12.5. The summed E-state index contributed by atoms with van der Waals surface area (Å²) in [4.78, 5) is 17.0. The monoisotopic (exact) mass is 280 g/mol. The molecule has 2 aromatic rings. The van der Waals surface area contributed by atoms with Gasteiger partial charge in [-0.3, -0.25) is 4.57 Å². The van der Waals surface area contributed by atoms with E-state index in [1.165, 1.54) is 30.5 Å². The molecule has 2 aliphatic rings. The van der Waals surface area contributed by atoms with Crippen molar-refractivity contribution in [3.05, 3.63) is 52.1 Å². The van der Waals surface area contributed by atoms with E-state index in [1.54, 1.807) is 0 Å². The van der Waals surface area contributed by atoms with E-state index in [-0.39, 0.29) is 11.7 Å². The third-order valence-corrected chi connectivity index (χ3v) is 5.00. The van der Waals surface area contributed by atoms with Gasteiger partial charge < -0.3 is 0 Å². The molecule has 1 fully saturated rings. The van der Waals surface area contributed by atoms with Crippen molar-refractivity contribution in [3.63, 3.8) is 0 Å². The van der Waals surface area contributed by atoms with Crippen molar-refractivity contribution in [2.45, 2.75) is 51.0 Å². The molecule has 3 nitrogen and oxygen atoms in total. The average molecular weight is 280 g/mol. The van der Waals surface area contributed by atoms with Gasteiger partial charge in [-0.2, -0.15) is 4.98 Å². The lowest BCUT2D eigenvalue weighted by atomic mass is 9.91. The van der Waals surface area contributed by atoms with Gasteiger partial charge in [-0.1, -0.05) is 30.3 Å². The van der Waals surface area contributed by atoms with Gasteiger partial charge in [0.15, 0.2) is 0 Å². The number of fused-ring (bicyclic) bond motifs is 5. The predicted octanol–water partition coefficient (Wildman–Crippen LogP) is 3.86. The molecule has 2 bridgehead atoms. The van der Waals surface area contributed by atoms with Crippen molar-refractivity contribution < 1.29 is 0 Å². The first-order chi connectivity index (χ1) is 10.2. The minimum Gasteiger partial charge on any atom is -0.293 e. The van der Waals surface area contributed by atoms with Crippen LogP contribution < -0.4 is 5.69 Å². The Balaban J connectivity index is 2.04. The molecule has 0 spiro atoms. The highest BCUT2D eigenvalue weighted by Gasteiger charge is 2.42. The molecule has 4 rings (SSSR count). The minimum absolute atomic E-state index is 0.0878. The third-order valence-electron chi connectivity index (χ3n) is 5.00. The summed E-state index contributed by atoms with van der Waals surface area (Å²) in [6.07, 6.45) is 3.67. The number of nitrogens with zero attached hydrogens (tertiary/aromatic N) is 2. The summed E-state index contributed by atoms with van der Waals surface area (Å²) in [5.41, 5.74) is 4.55. The molecule has 1 saturated carbocycles. The number of benzene rings is 1. The lowest BCUT2D eigenvalue weighted by molar-refractivity contribution is 0.508. The molecule has 0 N–H and O–H groups in total. The van der Waals surface area contributed by atoms with Gasteiger partial charge in [0.05, 0.1) is 5.69 Å². The molecule has 3 heteroatoms. The first-order valence-corrected chi connectivity index (χ1v) is 7.88. The van der Waals surface area contributed by atoms with E-state index >= 15 is 0 Å². The van der Waals surface area contributed by atoms with Gasteiger partial charge in [0.2, 0.25) is 0 Å². The van der Waals surface area contributed by atoms with E-state index < -0.39 is 0 Å². The largest absolute Gasteiger partial charge is 0.348 e. The molecule has 0 radical (unpaired) electrons. The maximum Gasteiger partial charge on any atom is 0.348 e. The summed E-state index contributed by atoms with van der Waals surface area (Å²) in [5, 5.41) is 0. The Morgan fingerprint density at radius 1 is 1.14 bits per heavy atom. The Hall–Kier alpha value is -1.90. The normalized spacial score (nSPS) is 22.8. The van der Waals surface area contributed by atoms with Crippen molar-refractivity contribution in [1.82, 2.24) is 9.55 Å². The van der Waals surface area contributed by atoms with Gasteiger partial charge in [0.25, 0.3) is 0 Å². The third kappa shape index (κ3) is 1.80. The Kier molecular flexibility index (Phi) is 2.78. The molecular formula is C18H20N2O. The van der Waals surface area contributed by atoms with Crippen LogP contribution in [0.4, 0.5) is 0 Å². The van der Waals surface area contributed by atoms with Crippen LogP contribution in [0.15, 0.2) is 35.1 Å². The highest BCUT2D eigenvalue weighted by atomic mass is 16.1. The molecule has 1 aromatic heterocycles. The van der Waals surface area contributed by atoms with Crippen molar-refractivity contribution in [3.8, 4) is 11.3 Å². The zero-order chi connectivity index (χ0) is 14.6. The summed E-state index contributed by atoms with van der Waals surface area (Å²) < 4.78 is 1.94. The fourth-order valence-electron chi connectivity index (χ4n) is 4.19. The van der Waals surface area contributed by atoms with Crippen LogP contribution in [0.25, 0.3) is 11.3 Å². The Morgan fingerprint density at radius 3 is 2.57 bits per heavy atom. The van der Waals surface area contributed by atoms with E-state index in [0.717, 1.165) is 11.3 Å². The molecule has 21 heavy (non-hydrogen) atoms. The van der Waals surface area contributed by atoms with Gasteiger partial charge in [0.1, 0.15) is 0 Å². The zero-order valence-corrected chi connectivity index (χ0v) is 12.5. The summed E-state index contributed by atoms with van der Waals surface area (Å²) in [6, 6.07) is 10.4. The van der Waals surface area contributed by atoms with Crippen molar-refractivity contribution in [1.29, 1.82) is 0 Å². The fourth-order valence-corrected chi connectivity index (χ4v) is 4.19. The molecule has 0 amide bonds. The number of rotatable bonds is 2. The van der Waals surface area contributed by atoms with Crippen LogP contribution in [0.3, 0.4) is 0 Å². The van der Waals surface area contributed by atoms with E-state index in [9.17, 15) is 4.79 Å². The maximum absolute atomic E-state index is 12.5. The van der Waals surface area contributed by atoms with E-state index in [1.807, 2.05) is 22.8 Å². The van der Waals surface area contributed by atoms with Crippen molar-refractivity contribution in [2.24, 2.45) is 0 Å². The average Bonchev–Trinajstić information content (AvgIpc) is 3.08. The summed E-state index contributed by atoms with van der Waals surface area (Å²) >= 11 is 0.